The lowest BCUT2D eigenvalue weighted by atomic mass is 10.2. The minimum atomic E-state index is -4.68. The van der Waals surface area contributed by atoms with Gasteiger partial charge in [0.15, 0.2) is 0 Å². The predicted molar refractivity (Wildman–Crippen MR) is 100 cm³/mol. The fraction of sp³-hybridized carbons (Fsp3) is 0.211. The van der Waals surface area contributed by atoms with Crippen LogP contribution in [0.3, 0.4) is 0 Å². The molecule has 0 radical (unpaired) electrons. The van der Waals surface area contributed by atoms with E-state index >= 15 is 0 Å². The molecule has 2 rings (SSSR count). The van der Waals surface area contributed by atoms with E-state index in [1.807, 2.05) is 0 Å². The maximum absolute atomic E-state index is 12.9. The van der Waals surface area contributed by atoms with E-state index in [0.29, 0.717) is 11.8 Å². The summed E-state index contributed by atoms with van der Waals surface area (Å²) in [5, 5.41) is 0. The summed E-state index contributed by atoms with van der Waals surface area (Å²) in [6, 6.07) is 12.0. The van der Waals surface area contributed by atoms with Crippen molar-refractivity contribution in [3.05, 3.63) is 72.8 Å². The highest BCUT2D eigenvalue weighted by Crippen LogP contribution is 2.31. The van der Waals surface area contributed by atoms with Crippen molar-refractivity contribution in [1.29, 1.82) is 0 Å². The Labute approximate surface area is 161 Å². The number of anilines is 1. The molecule has 0 bridgehead atoms. The van der Waals surface area contributed by atoms with Crippen molar-refractivity contribution in [2.75, 3.05) is 25.0 Å². The van der Waals surface area contributed by atoms with Gasteiger partial charge in [-0.3, -0.25) is 4.79 Å². The van der Waals surface area contributed by atoms with E-state index in [2.05, 4.69) is 6.58 Å². The van der Waals surface area contributed by atoms with Crippen LogP contribution in [0.15, 0.2) is 72.1 Å². The lowest BCUT2D eigenvalue weighted by Crippen LogP contribution is -2.41. The number of para-hydroxylation sites is 1. The summed E-state index contributed by atoms with van der Waals surface area (Å²) in [5.74, 6) is -0.538. The molecule has 0 spiro atoms. The zero-order valence-electron chi connectivity index (χ0n) is 15.1. The molecule has 0 fully saturated rings. The largest absolute Gasteiger partial charge is 0.416 e. The number of benzene rings is 2. The van der Waals surface area contributed by atoms with Crippen molar-refractivity contribution >= 4 is 21.6 Å². The van der Waals surface area contributed by atoms with Crippen LogP contribution in [0.5, 0.6) is 0 Å². The normalized spacial score (nSPS) is 12.0. The molecule has 0 aromatic heterocycles. The van der Waals surface area contributed by atoms with Crippen LogP contribution in [0.4, 0.5) is 18.9 Å². The van der Waals surface area contributed by atoms with Gasteiger partial charge in [-0.05, 0) is 30.3 Å². The monoisotopic (exact) mass is 412 g/mol. The van der Waals surface area contributed by atoms with Gasteiger partial charge in [0.25, 0.3) is 0 Å². The van der Waals surface area contributed by atoms with Crippen molar-refractivity contribution in [3.63, 3.8) is 0 Å². The minimum Gasteiger partial charge on any atom is -0.314 e. The van der Waals surface area contributed by atoms with E-state index in [1.165, 1.54) is 18.0 Å². The Morgan fingerprint density at radius 3 is 2.32 bits per heavy atom. The van der Waals surface area contributed by atoms with Crippen LogP contribution in [0.25, 0.3) is 0 Å². The summed E-state index contributed by atoms with van der Waals surface area (Å²) < 4.78 is 65.2. The Kier molecular flexibility index (Phi) is 6.63. The van der Waals surface area contributed by atoms with Gasteiger partial charge in [0.2, 0.25) is 15.9 Å². The lowest BCUT2D eigenvalue weighted by Gasteiger charge is -2.24. The average molecular weight is 412 g/mol. The highest BCUT2D eigenvalue weighted by atomic mass is 32.2. The van der Waals surface area contributed by atoms with Crippen molar-refractivity contribution in [2.24, 2.45) is 0 Å². The Morgan fingerprint density at radius 2 is 1.75 bits per heavy atom. The molecule has 0 N–H and O–H groups in total. The Bertz CT molecular complexity index is 944. The first-order valence-corrected chi connectivity index (χ1v) is 9.61. The number of hydrogen-bond acceptors (Lipinski definition) is 3. The summed E-state index contributed by atoms with van der Waals surface area (Å²) >= 11 is 0. The van der Waals surface area contributed by atoms with E-state index in [1.54, 1.807) is 30.3 Å². The quantitative estimate of drug-likeness (QED) is 0.654. The second kappa shape index (κ2) is 8.57. The summed E-state index contributed by atoms with van der Waals surface area (Å²) in [7, 11) is -2.86. The first-order chi connectivity index (χ1) is 13.1. The van der Waals surface area contributed by atoms with Gasteiger partial charge in [0, 0.05) is 19.3 Å². The second-order valence-corrected chi connectivity index (χ2v) is 7.84. The molecule has 1 amide bonds. The van der Waals surface area contributed by atoms with Gasteiger partial charge >= 0.3 is 6.18 Å². The van der Waals surface area contributed by atoms with Gasteiger partial charge in [-0.25, -0.2) is 8.42 Å². The fourth-order valence-electron chi connectivity index (χ4n) is 2.43. The fourth-order valence-corrected chi connectivity index (χ4v) is 3.83. The second-order valence-electron chi connectivity index (χ2n) is 5.90. The summed E-state index contributed by atoms with van der Waals surface area (Å²) in [6.07, 6.45) is -3.42. The summed E-state index contributed by atoms with van der Waals surface area (Å²) in [4.78, 5) is 13.3. The van der Waals surface area contributed by atoms with Gasteiger partial charge < -0.3 is 4.90 Å². The molecule has 0 heterocycles. The zero-order chi connectivity index (χ0) is 20.9. The number of hydrogen-bond donors (Lipinski definition) is 0. The van der Waals surface area contributed by atoms with Gasteiger partial charge in [0.1, 0.15) is 0 Å². The van der Waals surface area contributed by atoms with Crippen LogP contribution in [-0.4, -0.2) is 38.8 Å². The van der Waals surface area contributed by atoms with Crippen LogP contribution in [-0.2, 0) is 21.0 Å². The maximum atomic E-state index is 12.9. The van der Waals surface area contributed by atoms with E-state index < -0.39 is 39.1 Å². The molecule has 0 aliphatic rings. The third-order valence-corrected chi connectivity index (χ3v) is 5.77. The topological polar surface area (TPSA) is 57.7 Å². The van der Waals surface area contributed by atoms with E-state index in [4.69, 9.17) is 0 Å². The molecule has 5 nitrogen and oxygen atoms in total. The van der Waals surface area contributed by atoms with Crippen molar-refractivity contribution in [3.8, 4) is 0 Å². The molecule has 2 aromatic carbocycles. The number of nitrogens with zero attached hydrogens (tertiary/aromatic N) is 2. The Morgan fingerprint density at radius 1 is 1.11 bits per heavy atom. The molecule has 0 aliphatic carbocycles. The maximum Gasteiger partial charge on any atom is 0.416 e. The Balaban J connectivity index is 2.32. The summed E-state index contributed by atoms with van der Waals surface area (Å²) in [5.41, 5.74) is -0.526. The smallest absolute Gasteiger partial charge is 0.314 e. The number of sulfonamides is 1. The van der Waals surface area contributed by atoms with Crippen molar-refractivity contribution in [2.45, 2.75) is 11.1 Å². The number of rotatable bonds is 7. The average Bonchev–Trinajstić information content (AvgIpc) is 2.67. The molecule has 0 atom stereocenters. The molecule has 2 aromatic rings. The molecule has 0 unspecified atom stereocenters. The molecule has 0 aliphatic heterocycles. The summed E-state index contributed by atoms with van der Waals surface area (Å²) in [6.45, 7) is 2.69. The van der Waals surface area contributed by atoms with Gasteiger partial charge in [-0.2, -0.15) is 17.5 Å². The Hall–Kier alpha value is -2.65. The lowest BCUT2D eigenvalue weighted by molar-refractivity contribution is -0.137. The molecular weight excluding hydrogens is 393 g/mol. The van der Waals surface area contributed by atoms with Gasteiger partial charge in [-0.1, -0.05) is 30.3 Å². The first kappa shape index (κ1) is 21.6. The number of halogens is 3. The van der Waals surface area contributed by atoms with Gasteiger partial charge in [0.05, 0.1) is 17.0 Å². The number of amides is 1. The van der Waals surface area contributed by atoms with Crippen LogP contribution in [0, 0.1) is 0 Å². The number of alkyl halides is 3. The van der Waals surface area contributed by atoms with E-state index in [9.17, 15) is 26.4 Å². The molecule has 0 saturated heterocycles. The van der Waals surface area contributed by atoms with Crippen LogP contribution >= 0.6 is 0 Å². The van der Waals surface area contributed by atoms with Crippen LogP contribution in [0.2, 0.25) is 0 Å². The standard InChI is InChI=1S/C19H19F3N2O3S/c1-3-12-24(14-18(25)23(2)16-9-5-4-6-10-16)28(26,27)17-11-7-8-15(13-17)19(20,21)22/h3-11,13H,1,12,14H2,2H3. The van der Waals surface area contributed by atoms with Crippen LogP contribution < -0.4 is 4.90 Å². The number of carbonyl (C=O) groups excluding carboxylic acids is 1. The predicted octanol–water partition coefficient (Wildman–Crippen LogP) is 3.55. The third-order valence-electron chi connectivity index (χ3n) is 3.96. The van der Waals surface area contributed by atoms with Crippen molar-refractivity contribution in [1.82, 2.24) is 4.31 Å². The third kappa shape index (κ3) is 4.99. The molecule has 9 heteroatoms. The highest BCUT2D eigenvalue weighted by molar-refractivity contribution is 7.89. The first-order valence-electron chi connectivity index (χ1n) is 8.17. The van der Waals surface area contributed by atoms with Crippen molar-refractivity contribution < 1.29 is 26.4 Å². The number of likely N-dealkylation sites (N-methyl/N-ethyl adjacent to an activating group) is 1. The molecule has 150 valence electrons. The SMILES string of the molecule is C=CCN(CC(=O)N(C)c1ccccc1)S(=O)(=O)c1cccc(C(F)(F)F)c1. The van der Waals surface area contributed by atoms with E-state index in [-0.39, 0.29) is 6.54 Å². The zero-order valence-corrected chi connectivity index (χ0v) is 15.9. The minimum absolute atomic E-state index is 0.229. The molecule has 28 heavy (non-hydrogen) atoms. The van der Waals surface area contributed by atoms with Gasteiger partial charge in [-0.15, -0.1) is 6.58 Å². The molecule has 0 saturated carbocycles. The highest BCUT2D eigenvalue weighted by Gasteiger charge is 2.33. The van der Waals surface area contributed by atoms with E-state index in [0.717, 1.165) is 22.5 Å². The number of carbonyl (C=O) groups is 1. The molecular formula is C19H19F3N2O3S. The van der Waals surface area contributed by atoms with Crippen LogP contribution in [0.1, 0.15) is 5.56 Å².